The van der Waals surface area contributed by atoms with Crippen molar-refractivity contribution in [3.8, 4) is 0 Å². The molecule has 110 valence electrons. The predicted molar refractivity (Wildman–Crippen MR) is 72.8 cm³/mol. The van der Waals surface area contributed by atoms with Crippen LogP contribution in [0.25, 0.3) is 0 Å². The van der Waals surface area contributed by atoms with E-state index in [4.69, 9.17) is 0 Å². The van der Waals surface area contributed by atoms with Crippen molar-refractivity contribution in [2.45, 2.75) is 32.2 Å². The van der Waals surface area contributed by atoms with Crippen LogP contribution in [-0.4, -0.2) is 32.9 Å². The molecule has 0 aliphatic carbocycles. The van der Waals surface area contributed by atoms with Crippen molar-refractivity contribution in [1.82, 2.24) is 0 Å². The fourth-order valence-electron chi connectivity index (χ4n) is 2.45. The van der Waals surface area contributed by atoms with Gasteiger partial charge in [0, 0.05) is 0 Å². The van der Waals surface area contributed by atoms with Crippen molar-refractivity contribution < 1.29 is 25.0 Å². The summed E-state index contributed by atoms with van der Waals surface area (Å²) in [5.41, 5.74) is -1.65. The molecule has 2 atom stereocenters. The van der Waals surface area contributed by atoms with Crippen molar-refractivity contribution in [1.29, 1.82) is 0 Å². The lowest BCUT2D eigenvalue weighted by Gasteiger charge is -2.40. The lowest BCUT2D eigenvalue weighted by molar-refractivity contribution is -0.159. The number of carbonyl (C=O) groups is 2. The minimum Gasteiger partial charge on any atom is -0.481 e. The molecule has 1 unspecified atom stereocenters. The molecular formula is C14H19NO5. The number of nitrogens with zero attached hydrogens (tertiary/aromatic N) is 1. The normalized spacial score (nSPS) is 15.2. The molecule has 0 bridgehead atoms. The third kappa shape index (κ3) is 2.60. The van der Waals surface area contributed by atoms with E-state index >= 15 is 0 Å². The van der Waals surface area contributed by atoms with E-state index in [1.807, 2.05) is 0 Å². The van der Waals surface area contributed by atoms with Gasteiger partial charge in [0.1, 0.15) is 0 Å². The summed E-state index contributed by atoms with van der Waals surface area (Å²) in [5.74, 6) is -3.83. The number of rotatable bonds is 7. The molecule has 1 aromatic carbocycles. The van der Waals surface area contributed by atoms with E-state index in [1.54, 1.807) is 32.0 Å². The first-order valence-corrected chi connectivity index (χ1v) is 6.42. The van der Waals surface area contributed by atoms with Crippen molar-refractivity contribution in [3.05, 3.63) is 30.3 Å². The Bertz CT molecular complexity index is 476. The highest BCUT2D eigenvalue weighted by atomic mass is 16.5. The van der Waals surface area contributed by atoms with Crippen LogP contribution in [0.15, 0.2) is 30.3 Å². The van der Waals surface area contributed by atoms with Crippen LogP contribution in [0, 0.1) is 5.92 Å². The molecule has 6 heteroatoms. The molecule has 0 aliphatic rings. The first-order valence-electron chi connectivity index (χ1n) is 6.42. The number of hydrogen-bond acceptors (Lipinski definition) is 4. The zero-order valence-corrected chi connectivity index (χ0v) is 11.5. The van der Waals surface area contributed by atoms with Crippen molar-refractivity contribution in [2.75, 3.05) is 5.06 Å². The molecular weight excluding hydrogens is 262 g/mol. The molecule has 0 spiro atoms. The van der Waals surface area contributed by atoms with Crippen LogP contribution in [0.1, 0.15) is 26.7 Å². The van der Waals surface area contributed by atoms with Gasteiger partial charge in [0.15, 0.2) is 5.54 Å². The van der Waals surface area contributed by atoms with Crippen LogP contribution in [0.2, 0.25) is 0 Å². The second kappa shape index (κ2) is 6.38. The molecule has 0 fully saturated rings. The van der Waals surface area contributed by atoms with E-state index in [-0.39, 0.29) is 18.5 Å². The highest BCUT2D eigenvalue weighted by Gasteiger charge is 2.52. The Labute approximate surface area is 117 Å². The van der Waals surface area contributed by atoms with Crippen LogP contribution in [0.5, 0.6) is 0 Å². The Morgan fingerprint density at radius 3 is 2.10 bits per heavy atom. The Kier molecular flexibility index (Phi) is 5.10. The first kappa shape index (κ1) is 16.0. The smallest absolute Gasteiger partial charge is 0.333 e. The second-order valence-electron chi connectivity index (χ2n) is 4.53. The van der Waals surface area contributed by atoms with Crippen molar-refractivity contribution >= 4 is 17.6 Å². The summed E-state index contributed by atoms with van der Waals surface area (Å²) in [4.78, 5) is 23.1. The molecule has 0 amide bonds. The summed E-state index contributed by atoms with van der Waals surface area (Å²) < 4.78 is 0. The molecule has 1 aromatic rings. The molecule has 1 rings (SSSR count). The highest BCUT2D eigenvalue weighted by Crippen LogP contribution is 2.34. The maximum atomic E-state index is 11.7. The van der Waals surface area contributed by atoms with E-state index in [9.17, 15) is 25.0 Å². The SMILES string of the molecule is CCC(C(=O)O)[C@@](CC)(C(=O)O)N(O)c1ccccc1. The third-order valence-corrected chi connectivity index (χ3v) is 3.57. The largest absolute Gasteiger partial charge is 0.481 e. The Morgan fingerprint density at radius 2 is 1.75 bits per heavy atom. The van der Waals surface area contributed by atoms with Gasteiger partial charge in [-0.15, -0.1) is 0 Å². The summed E-state index contributed by atoms with van der Waals surface area (Å²) in [5, 5.41) is 29.7. The van der Waals surface area contributed by atoms with Gasteiger partial charge in [-0.1, -0.05) is 32.0 Å². The Morgan fingerprint density at radius 1 is 1.20 bits per heavy atom. The summed E-state index contributed by atoms with van der Waals surface area (Å²) in [6.45, 7) is 3.14. The minimum absolute atomic E-state index is 0.0431. The molecule has 0 heterocycles. The number of hydrogen-bond donors (Lipinski definition) is 3. The van der Waals surface area contributed by atoms with Gasteiger partial charge in [0.2, 0.25) is 0 Å². The monoisotopic (exact) mass is 281 g/mol. The van der Waals surface area contributed by atoms with Crippen LogP contribution < -0.4 is 5.06 Å². The number of para-hydroxylation sites is 1. The quantitative estimate of drug-likeness (QED) is 0.663. The highest BCUT2D eigenvalue weighted by molar-refractivity contribution is 5.90. The minimum atomic E-state index is -1.90. The van der Waals surface area contributed by atoms with Gasteiger partial charge in [-0.25, -0.2) is 9.86 Å². The zero-order valence-electron chi connectivity index (χ0n) is 11.5. The lowest BCUT2D eigenvalue weighted by atomic mass is 9.79. The second-order valence-corrected chi connectivity index (χ2v) is 4.53. The van der Waals surface area contributed by atoms with Gasteiger partial charge in [0.05, 0.1) is 11.6 Å². The molecule has 0 aromatic heterocycles. The Hall–Kier alpha value is -2.08. The van der Waals surface area contributed by atoms with Crippen molar-refractivity contribution in [3.63, 3.8) is 0 Å². The predicted octanol–water partition coefficient (Wildman–Crippen LogP) is 2.23. The van der Waals surface area contributed by atoms with Gasteiger partial charge < -0.3 is 10.2 Å². The standard InChI is InChI=1S/C14H19NO5/c1-3-11(12(16)17)14(4-2,13(18)19)15(20)10-8-6-5-7-9-10/h5-9,11,20H,3-4H2,1-2H3,(H,16,17)(H,18,19)/t11?,14-/m0/s1. The molecule has 3 N–H and O–H groups in total. The average Bonchev–Trinajstić information content (AvgIpc) is 2.44. The van der Waals surface area contributed by atoms with Crippen LogP contribution in [-0.2, 0) is 9.59 Å². The number of aliphatic carboxylic acids is 2. The van der Waals surface area contributed by atoms with Crippen LogP contribution in [0.3, 0.4) is 0 Å². The number of anilines is 1. The molecule has 0 radical (unpaired) electrons. The maximum Gasteiger partial charge on any atom is 0.333 e. The van der Waals surface area contributed by atoms with Gasteiger partial charge in [-0.05, 0) is 25.0 Å². The average molecular weight is 281 g/mol. The summed E-state index contributed by atoms with van der Waals surface area (Å²) in [7, 11) is 0. The summed E-state index contributed by atoms with van der Waals surface area (Å²) in [6.07, 6.45) is 0.0535. The van der Waals surface area contributed by atoms with E-state index < -0.39 is 23.4 Å². The topological polar surface area (TPSA) is 98.1 Å². The molecule has 0 saturated heterocycles. The Balaban J connectivity index is 3.38. The fraction of sp³-hybridized carbons (Fsp3) is 0.429. The number of carboxylic acids is 2. The number of hydroxylamine groups is 1. The van der Waals surface area contributed by atoms with E-state index in [0.717, 1.165) is 0 Å². The van der Waals surface area contributed by atoms with E-state index in [0.29, 0.717) is 5.06 Å². The first-order chi connectivity index (χ1) is 9.41. The van der Waals surface area contributed by atoms with Gasteiger partial charge >= 0.3 is 11.9 Å². The lowest BCUT2D eigenvalue weighted by Crippen LogP contribution is -2.60. The summed E-state index contributed by atoms with van der Waals surface area (Å²) in [6, 6.07) is 8.06. The van der Waals surface area contributed by atoms with Crippen molar-refractivity contribution in [2.24, 2.45) is 5.92 Å². The molecule has 20 heavy (non-hydrogen) atoms. The number of benzene rings is 1. The van der Waals surface area contributed by atoms with E-state index in [2.05, 4.69) is 0 Å². The molecule has 0 aliphatic heterocycles. The number of carboxylic acid groups (broad SMARTS) is 2. The fourth-order valence-corrected chi connectivity index (χ4v) is 2.45. The van der Waals surface area contributed by atoms with Gasteiger partial charge in [-0.3, -0.25) is 10.0 Å². The third-order valence-electron chi connectivity index (χ3n) is 3.57. The van der Waals surface area contributed by atoms with E-state index in [1.165, 1.54) is 12.1 Å². The molecule has 0 saturated carbocycles. The zero-order chi connectivity index (χ0) is 15.3. The maximum absolute atomic E-state index is 11.7. The van der Waals surface area contributed by atoms with Crippen LogP contribution >= 0.6 is 0 Å². The molecule has 6 nitrogen and oxygen atoms in total. The van der Waals surface area contributed by atoms with Gasteiger partial charge in [-0.2, -0.15) is 0 Å². The van der Waals surface area contributed by atoms with Gasteiger partial charge in [0.25, 0.3) is 0 Å². The van der Waals surface area contributed by atoms with Crippen LogP contribution in [0.4, 0.5) is 5.69 Å². The summed E-state index contributed by atoms with van der Waals surface area (Å²) >= 11 is 0.